The van der Waals surface area contributed by atoms with Gasteiger partial charge in [0.2, 0.25) is 0 Å². The van der Waals surface area contributed by atoms with Crippen LogP contribution >= 0.6 is 0 Å². The maximum absolute atomic E-state index is 2.52. The summed E-state index contributed by atoms with van der Waals surface area (Å²) in [7, 11) is 0. The van der Waals surface area contributed by atoms with Gasteiger partial charge in [-0.15, -0.1) is 0 Å². The van der Waals surface area contributed by atoms with Crippen LogP contribution in [0.2, 0.25) is 0 Å². The van der Waals surface area contributed by atoms with E-state index in [2.05, 4.69) is 159 Å². The highest BCUT2D eigenvalue weighted by Crippen LogP contribution is 2.51. The second-order valence-electron chi connectivity index (χ2n) is 13.4. The average molecular weight is 582 g/mol. The maximum atomic E-state index is 2.52. The molecule has 1 nitrogen and oxygen atoms in total. The molecular weight excluding hydrogens is 542 g/mol. The van der Waals surface area contributed by atoms with Gasteiger partial charge in [0.25, 0.3) is 0 Å². The van der Waals surface area contributed by atoms with Crippen LogP contribution < -0.4 is 4.90 Å². The first-order chi connectivity index (χ1) is 22.0. The van der Waals surface area contributed by atoms with Gasteiger partial charge in [-0.2, -0.15) is 0 Å². The number of nitrogens with zero attached hydrogens (tertiary/aromatic N) is 1. The van der Waals surface area contributed by atoms with Gasteiger partial charge < -0.3 is 4.90 Å². The van der Waals surface area contributed by atoms with E-state index in [4.69, 9.17) is 0 Å². The molecule has 0 amide bonds. The summed E-state index contributed by atoms with van der Waals surface area (Å²) in [5, 5.41) is 0. The van der Waals surface area contributed by atoms with Crippen molar-refractivity contribution in [1.29, 1.82) is 0 Å². The Morgan fingerprint density at radius 3 is 1.89 bits per heavy atom. The Kier molecular flexibility index (Phi) is 6.72. The standard InChI is InChI=1S/C44H39N/c1-30-27-31-13-17-33(30)18-14-32-16-20-36(19-15-31)43(28-32)45(37-23-21-35(22-24-37)34-9-5-4-6-10-34)38-25-26-40-39-11-7-8-12-41(39)44(2,3)42(40)29-38/h4-13,16-17,20-29H,14-15,18-19H2,1-3H3. The Labute approximate surface area is 267 Å². The van der Waals surface area contributed by atoms with Crippen molar-refractivity contribution in [2.24, 2.45) is 0 Å². The van der Waals surface area contributed by atoms with Crippen LogP contribution in [0.1, 0.15) is 52.8 Å². The molecule has 11 rings (SSSR count). The van der Waals surface area contributed by atoms with Crippen molar-refractivity contribution in [3.05, 3.63) is 172 Å². The molecule has 0 radical (unpaired) electrons. The minimum Gasteiger partial charge on any atom is -0.310 e. The predicted molar refractivity (Wildman–Crippen MR) is 190 cm³/mol. The van der Waals surface area contributed by atoms with Gasteiger partial charge in [0.05, 0.1) is 0 Å². The molecule has 4 bridgehead atoms. The van der Waals surface area contributed by atoms with E-state index in [1.54, 1.807) is 0 Å². The third-order valence-electron chi connectivity index (χ3n) is 10.2. The number of fused-ring (bicyclic) bond motifs is 3. The smallest absolute Gasteiger partial charge is 0.0496 e. The highest BCUT2D eigenvalue weighted by atomic mass is 15.1. The van der Waals surface area contributed by atoms with E-state index in [1.165, 1.54) is 78.3 Å². The summed E-state index contributed by atoms with van der Waals surface area (Å²) in [5.74, 6) is 0. The number of rotatable bonds is 4. The molecule has 1 heteroatoms. The maximum Gasteiger partial charge on any atom is 0.0496 e. The fourth-order valence-electron chi connectivity index (χ4n) is 7.63. The molecule has 0 atom stereocenters. The molecule has 45 heavy (non-hydrogen) atoms. The van der Waals surface area contributed by atoms with E-state index in [-0.39, 0.29) is 5.41 Å². The van der Waals surface area contributed by atoms with E-state index in [0.717, 1.165) is 25.7 Å². The first-order valence-electron chi connectivity index (χ1n) is 16.4. The molecule has 5 aliphatic carbocycles. The van der Waals surface area contributed by atoms with Crippen LogP contribution in [0.4, 0.5) is 17.1 Å². The van der Waals surface area contributed by atoms with E-state index >= 15 is 0 Å². The molecule has 0 aliphatic heterocycles. The van der Waals surface area contributed by atoms with Crippen LogP contribution in [0.5, 0.6) is 0 Å². The summed E-state index contributed by atoms with van der Waals surface area (Å²) in [6.07, 6.45) is 4.11. The summed E-state index contributed by atoms with van der Waals surface area (Å²) in [5.41, 5.74) is 18.7. The molecule has 0 N–H and O–H groups in total. The van der Waals surface area contributed by atoms with Crippen LogP contribution in [-0.4, -0.2) is 0 Å². The van der Waals surface area contributed by atoms with Gasteiger partial charge in [-0.3, -0.25) is 0 Å². The Balaban J connectivity index is 1.28. The molecule has 5 aliphatic rings. The van der Waals surface area contributed by atoms with Gasteiger partial charge in [0, 0.05) is 22.5 Å². The average Bonchev–Trinajstić information content (AvgIpc) is 3.29. The van der Waals surface area contributed by atoms with Crippen molar-refractivity contribution in [1.82, 2.24) is 0 Å². The van der Waals surface area contributed by atoms with Crippen molar-refractivity contribution in [3.63, 3.8) is 0 Å². The second-order valence-corrected chi connectivity index (χ2v) is 13.4. The minimum atomic E-state index is -0.0594. The zero-order valence-electron chi connectivity index (χ0n) is 26.5. The number of hydrogen-bond acceptors (Lipinski definition) is 1. The van der Waals surface area contributed by atoms with Gasteiger partial charge in [0.15, 0.2) is 0 Å². The largest absolute Gasteiger partial charge is 0.310 e. The third-order valence-corrected chi connectivity index (χ3v) is 10.2. The summed E-state index contributed by atoms with van der Waals surface area (Å²) in [4.78, 5) is 2.52. The Bertz CT molecular complexity index is 2030. The van der Waals surface area contributed by atoms with Crippen LogP contribution in [0.3, 0.4) is 0 Å². The molecule has 6 aromatic carbocycles. The predicted octanol–water partition coefficient (Wildman–Crippen LogP) is 11.3. The van der Waals surface area contributed by atoms with Crippen molar-refractivity contribution < 1.29 is 0 Å². The summed E-state index contributed by atoms with van der Waals surface area (Å²) in [6, 6.07) is 50.2. The number of anilines is 3. The molecule has 0 aromatic heterocycles. The lowest BCUT2D eigenvalue weighted by molar-refractivity contribution is 0.660. The van der Waals surface area contributed by atoms with E-state index < -0.39 is 0 Å². The summed E-state index contributed by atoms with van der Waals surface area (Å²) >= 11 is 0. The summed E-state index contributed by atoms with van der Waals surface area (Å²) < 4.78 is 0. The van der Waals surface area contributed by atoms with Crippen LogP contribution in [-0.2, 0) is 31.1 Å². The zero-order chi connectivity index (χ0) is 30.5. The SMILES string of the molecule is Cc1cc2ccc1CCc1ccc(c(N(c3ccc(-c4ccccc4)cc3)c3ccc4c(c3)C(C)(C)c3ccccc3-4)c1)CC2. The first-order valence-corrected chi connectivity index (χ1v) is 16.4. The molecule has 0 spiro atoms. The topological polar surface area (TPSA) is 3.24 Å². The molecule has 0 heterocycles. The Morgan fingerprint density at radius 2 is 1.11 bits per heavy atom. The lowest BCUT2D eigenvalue weighted by Gasteiger charge is -2.30. The molecule has 6 aromatic rings. The fourth-order valence-corrected chi connectivity index (χ4v) is 7.63. The van der Waals surface area contributed by atoms with Crippen LogP contribution in [0.25, 0.3) is 22.3 Å². The Morgan fingerprint density at radius 1 is 0.489 bits per heavy atom. The Hall–Kier alpha value is -4.88. The minimum absolute atomic E-state index is 0.0594. The molecular formula is C44H39N. The van der Waals surface area contributed by atoms with Gasteiger partial charge in [-0.05, 0) is 124 Å². The number of benzene rings is 6. The van der Waals surface area contributed by atoms with E-state index in [0.29, 0.717) is 0 Å². The molecule has 0 fully saturated rings. The van der Waals surface area contributed by atoms with Gasteiger partial charge in [-0.1, -0.05) is 117 Å². The lowest BCUT2D eigenvalue weighted by atomic mass is 9.82. The monoisotopic (exact) mass is 581 g/mol. The highest BCUT2D eigenvalue weighted by Gasteiger charge is 2.35. The van der Waals surface area contributed by atoms with Gasteiger partial charge >= 0.3 is 0 Å². The van der Waals surface area contributed by atoms with Crippen molar-refractivity contribution in [2.45, 2.75) is 51.9 Å². The zero-order valence-corrected chi connectivity index (χ0v) is 26.5. The van der Waals surface area contributed by atoms with Crippen LogP contribution in [0, 0.1) is 6.92 Å². The van der Waals surface area contributed by atoms with Crippen molar-refractivity contribution >= 4 is 17.1 Å². The van der Waals surface area contributed by atoms with Crippen molar-refractivity contribution in [2.75, 3.05) is 4.90 Å². The number of aryl methyl sites for hydroxylation is 5. The van der Waals surface area contributed by atoms with Gasteiger partial charge in [0.1, 0.15) is 0 Å². The second kappa shape index (κ2) is 10.9. The lowest BCUT2D eigenvalue weighted by Crippen LogP contribution is -2.17. The van der Waals surface area contributed by atoms with Crippen molar-refractivity contribution in [3.8, 4) is 22.3 Å². The quantitative estimate of drug-likeness (QED) is 0.200. The normalized spacial score (nSPS) is 14.4. The molecule has 220 valence electrons. The van der Waals surface area contributed by atoms with E-state index in [1.807, 2.05) is 0 Å². The third kappa shape index (κ3) is 4.88. The molecule has 0 saturated carbocycles. The van der Waals surface area contributed by atoms with Crippen LogP contribution in [0.15, 0.2) is 133 Å². The van der Waals surface area contributed by atoms with Gasteiger partial charge in [-0.25, -0.2) is 0 Å². The summed E-state index contributed by atoms with van der Waals surface area (Å²) in [6.45, 7) is 7.02. The number of hydrogen-bond donors (Lipinski definition) is 0. The highest BCUT2D eigenvalue weighted by molar-refractivity contribution is 5.86. The molecule has 0 unspecified atom stereocenters. The molecule has 0 saturated heterocycles. The first kappa shape index (κ1) is 27.7. The fraction of sp³-hybridized carbons (Fsp3) is 0.182. The van der Waals surface area contributed by atoms with E-state index in [9.17, 15) is 0 Å².